The summed E-state index contributed by atoms with van der Waals surface area (Å²) in [6, 6.07) is 5.30. The van der Waals surface area contributed by atoms with Crippen molar-refractivity contribution < 1.29 is 4.79 Å². The molecular formula is C15H17Cl2N5O. The Labute approximate surface area is 144 Å². The van der Waals surface area contributed by atoms with E-state index >= 15 is 0 Å². The second kappa shape index (κ2) is 6.76. The van der Waals surface area contributed by atoms with Gasteiger partial charge in [0.15, 0.2) is 5.82 Å². The van der Waals surface area contributed by atoms with Crippen LogP contribution in [-0.2, 0) is 13.1 Å². The maximum atomic E-state index is 12.3. The van der Waals surface area contributed by atoms with Gasteiger partial charge in [0.25, 0.3) is 0 Å². The van der Waals surface area contributed by atoms with Crippen LogP contribution in [0.5, 0.6) is 0 Å². The molecule has 0 saturated heterocycles. The Balaban J connectivity index is 1.59. The van der Waals surface area contributed by atoms with Crippen LogP contribution in [0.3, 0.4) is 0 Å². The van der Waals surface area contributed by atoms with Gasteiger partial charge in [-0.1, -0.05) is 36.2 Å². The normalized spacial score (nSPS) is 15.2. The summed E-state index contributed by atoms with van der Waals surface area (Å²) < 4.78 is 1.95. The van der Waals surface area contributed by atoms with Gasteiger partial charge in [0.2, 0.25) is 0 Å². The fraction of sp³-hybridized carbons (Fsp3) is 0.400. The Hall–Kier alpha value is -1.79. The molecule has 6 nitrogen and oxygen atoms in total. The third-order valence-electron chi connectivity index (χ3n) is 3.98. The first-order valence-electron chi connectivity index (χ1n) is 7.39. The zero-order valence-electron chi connectivity index (χ0n) is 12.7. The minimum absolute atomic E-state index is 0.0218. The van der Waals surface area contributed by atoms with E-state index in [1.54, 1.807) is 23.4 Å². The summed E-state index contributed by atoms with van der Waals surface area (Å²) in [6.07, 6.45) is 1.69. The number of nitrogens with one attached hydrogen (secondary N) is 1. The van der Waals surface area contributed by atoms with Crippen molar-refractivity contribution >= 4 is 29.2 Å². The molecule has 2 amide bonds. The highest BCUT2D eigenvalue weighted by Gasteiger charge is 2.22. The number of nitrogens with zero attached hydrogens (tertiary/aromatic N) is 4. The summed E-state index contributed by atoms with van der Waals surface area (Å²) in [5, 5.41) is 12.0. The molecule has 1 aliphatic heterocycles. The smallest absolute Gasteiger partial charge is 0.317 e. The Morgan fingerprint density at radius 1 is 1.35 bits per heavy atom. The van der Waals surface area contributed by atoms with Gasteiger partial charge in [0, 0.05) is 35.6 Å². The fourth-order valence-electron chi connectivity index (χ4n) is 2.68. The van der Waals surface area contributed by atoms with Crippen LogP contribution in [0, 0.1) is 0 Å². The molecule has 1 aromatic heterocycles. The molecule has 1 atom stereocenters. The Morgan fingerprint density at radius 3 is 2.83 bits per heavy atom. The number of hydrogen-bond acceptors (Lipinski definition) is 3. The van der Waals surface area contributed by atoms with Gasteiger partial charge in [-0.3, -0.25) is 0 Å². The summed E-state index contributed by atoms with van der Waals surface area (Å²) in [4.78, 5) is 14.1. The minimum Gasteiger partial charge on any atom is -0.337 e. The first-order valence-corrected chi connectivity index (χ1v) is 8.15. The quantitative estimate of drug-likeness (QED) is 0.922. The standard InChI is InChI=1S/C15H17Cl2N5O/c1-10(14-11(16)3-2-4-12(14)17)7-18-15(23)21-5-6-22-9-19-20-13(22)8-21/h2-4,9-10H,5-8H2,1H3,(H,18,23). The Morgan fingerprint density at radius 2 is 2.09 bits per heavy atom. The lowest BCUT2D eigenvalue weighted by molar-refractivity contribution is 0.181. The van der Waals surface area contributed by atoms with E-state index in [-0.39, 0.29) is 11.9 Å². The predicted molar refractivity (Wildman–Crippen MR) is 88.7 cm³/mol. The van der Waals surface area contributed by atoms with Crippen LogP contribution in [0.1, 0.15) is 24.2 Å². The van der Waals surface area contributed by atoms with E-state index in [1.165, 1.54) is 0 Å². The molecule has 0 radical (unpaired) electrons. The largest absolute Gasteiger partial charge is 0.337 e. The van der Waals surface area contributed by atoms with E-state index in [4.69, 9.17) is 23.2 Å². The third-order valence-corrected chi connectivity index (χ3v) is 4.64. The molecule has 122 valence electrons. The van der Waals surface area contributed by atoms with Gasteiger partial charge >= 0.3 is 6.03 Å². The van der Waals surface area contributed by atoms with Crippen molar-refractivity contribution in [3.8, 4) is 0 Å². The van der Waals surface area contributed by atoms with Crippen LogP contribution in [0.2, 0.25) is 10.0 Å². The molecule has 0 saturated carbocycles. The Kier molecular flexibility index (Phi) is 4.73. The van der Waals surface area contributed by atoms with Gasteiger partial charge in [0.1, 0.15) is 6.33 Å². The van der Waals surface area contributed by atoms with Crippen molar-refractivity contribution in [2.24, 2.45) is 0 Å². The molecule has 2 aromatic rings. The van der Waals surface area contributed by atoms with Crippen molar-refractivity contribution in [3.63, 3.8) is 0 Å². The van der Waals surface area contributed by atoms with Crippen molar-refractivity contribution in [1.82, 2.24) is 25.0 Å². The number of carbonyl (C=O) groups excluding carboxylic acids is 1. The number of halogens is 2. The highest BCUT2D eigenvalue weighted by molar-refractivity contribution is 6.36. The molecule has 0 bridgehead atoms. The maximum absolute atomic E-state index is 12.3. The molecule has 1 N–H and O–H groups in total. The molecule has 0 spiro atoms. The highest BCUT2D eigenvalue weighted by atomic mass is 35.5. The van der Waals surface area contributed by atoms with Crippen LogP contribution in [0.25, 0.3) is 0 Å². The molecule has 0 aliphatic carbocycles. The zero-order chi connectivity index (χ0) is 16.4. The molecule has 23 heavy (non-hydrogen) atoms. The lowest BCUT2D eigenvalue weighted by atomic mass is 10.0. The summed E-state index contributed by atoms with van der Waals surface area (Å²) in [5.74, 6) is 0.821. The van der Waals surface area contributed by atoms with Crippen LogP contribution >= 0.6 is 23.2 Å². The summed E-state index contributed by atoms with van der Waals surface area (Å²) in [6.45, 7) is 4.26. The number of rotatable bonds is 3. The molecule has 1 unspecified atom stereocenters. The minimum atomic E-state index is -0.116. The topological polar surface area (TPSA) is 63.1 Å². The first-order chi connectivity index (χ1) is 11.1. The Bertz CT molecular complexity index is 697. The van der Waals surface area contributed by atoms with Gasteiger partial charge in [-0.05, 0) is 17.7 Å². The van der Waals surface area contributed by atoms with E-state index in [0.29, 0.717) is 36.2 Å². The van der Waals surface area contributed by atoms with Gasteiger partial charge in [-0.2, -0.15) is 0 Å². The van der Waals surface area contributed by atoms with Crippen LogP contribution in [0.4, 0.5) is 4.79 Å². The van der Waals surface area contributed by atoms with E-state index in [2.05, 4.69) is 15.5 Å². The van der Waals surface area contributed by atoms with Crippen molar-refractivity contribution in [1.29, 1.82) is 0 Å². The number of urea groups is 1. The summed E-state index contributed by atoms with van der Waals surface area (Å²) in [7, 11) is 0. The average Bonchev–Trinajstić information content (AvgIpc) is 3.00. The van der Waals surface area contributed by atoms with E-state index in [9.17, 15) is 4.79 Å². The SMILES string of the molecule is CC(CNC(=O)N1CCn2cnnc2C1)c1c(Cl)cccc1Cl. The van der Waals surface area contributed by atoms with Crippen LogP contribution in [0.15, 0.2) is 24.5 Å². The monoisotopic (exact) mass is 353 g/mol. The lowest BCUT2D eigenvalue weighted by Crippen LogP contribution is -2.45. The highest BCUT2D eigenvalue weighted by Crippen LogP contribution is 2.30. The zero-order valence-corrected chi connectivity index (χ0v) is 14.2. The first kappa shape index (κ1) is 16.1. The number of amides is 2. The number of hydrogen-bond donors (Lipinski definition) is 1. The van der Waals surface area contributed by atoms with Gasteiger partial charge in [0.05, 0.1) is 6.54 Å². The number of aromatic nitrogens is 3. The van der Waals surface area contributed by atoms with Crippen LogP contribution < -0.4 is 5.32 Å². The van der Waals surface area contributed by atoms with Crippen molar-refractivity contribution in [2.75, 3.05) is 13.1 Å². The predicted octanol–water partition coefficient (Wildman–Crippen LogP) is 2.91. The second-order valence-corrected chi connectivity index (χ2v) is 6.40. The average molecular weight is 354 g/mol. The maximum Gasteiger partial charge on any atom is 0.317 e. The third kappa shape index (κ3) is 3.43. The van der Waals surface area contributed by atoms with E-state index in [0.717, 1.165) is 11.4 Å². The molecule has 1 aromatic carbocycles. The summed E-state index contributed by atoms with van der Waals surface area (Å²) >= 11 is 12.4. The van der Waals surface area contributed by atoms with E-state index < -0.39 is 0 Å². The molecule has 1 aliphatic rings. The van der Waals surface area contributed by atoms with Gasteiger partial charge in [-0.25, -0.2) is 4.79 Å². The molecule has 8 heteroatoms. The number of fused-ring (bicyclic) bond motifs is 1. The molecular weight excluding hydrogens is 337 g/mol. The number of carbonyl (C=O) groups is 1. The van der Waals surface area contributed by atoms with Crippen molar-refractivity contribution in [2.45, 2.75) is 25.9 Å². The summed E-state index contributed by atoms with van der Waals surface area (Å²) in [5.41, 5.74) is 0.856. The lowest BCUT2D eigenvalue weighted by Gasteiger charge is -2.28. The molecule has 0 fully saturated rings. The van der Waals surface area contributed by atoms with Gasteiger partial charge in [-0.15, -0.1) is 10.2 Å². The fourth-order valence-corrected chi connectivity index (χ4v) is 3.45. The van der Waals surface area contributed by atoms with E-state index in [1.807, 2.05) is 17.6 Å². The van der Waals surface area contributed by atoms with Gasteiger partial charge < -0.3 is 14.8 Å². The second-order valence-electron chi connectivity index (χ2n) is 5.58. The molecule has 2 heterocycles. The number of benzene rings is 1. The van der Waals surface area contributed by atoms with Crippen molar-refractivity contribution in [3.05, 3.63) is 46.0 Å². The van der Waals surface area contributed by atoms with Crippen LogP contribution in [-0.4, -0.2) is 38.8 Å². The molecule has 3 rings (SSSR count).